The summed E-state index contributed by atoms with van der Waals surface area (Å²) in [7, 11) is 1.69. The number of ether oxygens (including phenoxy) is 1. The summed E-state index contributed by atoms with van der Waals surface area (Å²) in [5, 5.41) is 12.2. The molecule has 0 aliphatic heterocycles. The molecule has 96 valence electrons. The second-order valence-corrected chi connectivity index (χ2v) is 5.70. The molecule has 4 nitrogen and oxygen atoms in total. The third-order valence-corrected chi connectivity index (χ3v) is 4.34. The van der Waals surface area contributed by atoms with Gasteiger partial charge >= 0.3 is 0 Å². The fraction of sp³-hybridized carbons (Fsp3) is 0.333. The van der Waals surface area contributed by atoms with E-state index >= 15 is 0 Å². The van der Waals surface area contributed by atoms with Gasteiger partial charge in [0.15, 0.2) is 4.34 Å². The van der Waals surface area contributed by atoms with E-state index in [0.717, 1.165) is 27.5 Å². The lowest BCUT2D eigenvalue weighted by atomic mass is 10.2. The van der Waals surface area contributed by atoms with Crippen LogP contribution in [0.5, 0.6) is 5.75 Å². The molecule has 1 aromatic carbocycles. The number of hydrogen-bond donors (Lipinski definition) is 1. The van der Waals surface area contributed by atoms with Crippen molar-refractivity contribution in [3.8, 4) is 5.75 Å². The van der Waals surface area contributed by atoms with Crippen LogP contribution in [0.25, 0.3) is 0 Å². The summed E-state index contributed by atoms with van der Waals surface area (Å²) in [6.07, 6.45) is 0. The average molecular weight is 281 g/mol. The molecule has 0 aliphatic rings. The summed E-state index contributed by atoms with van der Waals surface area (Å²) in [6.45, 7) is 2.91. The van der Waals surface area contributed by atoms with Crippen molar-refractivity contribution in [2.75, 3.05) is 19.0 Å². The molecule has 0 unspecified atom stereocenters. The van der Waals surface area contributed by atoms with E-state index in [1.165, 1.54) is 5.56 Å². The lowest BCUT2D eigenvalue weighted by molar-refractivity contribution is 0.411. The standard InChI is InChI=1S/C12H15N3OS2/c1-3-13-11-14-15-12(18-11)17-8-9-6-4-5-7-10(9)16-2/h4-7H,3,8H2,1-2H3,(H,13,14). The summed E-state index contributed by atoms with van der Waals surface area (Å²) in [4.78, 5) is 0. The molecule has 1 aromatic heterocycles. The van der Waals surface area contributed by atoms with Gasteiger partial charge in [0.2, 0.25) is 5.13 Å². The molecule has 0 radical (unpaired) electrons. The van der Waals surface area contributed by atoms with Crippen molar-refractivity contribution in [2.45, 2.75) is 17.0 Å². The zero-order valence-electron chi connectivity index (χ0n) is 10.3. The van der Waals surface area contributed by atoms with Gasteiger partial charge < -0.3 is 10.1 Å². The van der Waals surface area contributed by atoms with Crippen LogP contribution in [0, 0.1) is 0 Å². The van der Waals surface area contributed by atoms with Gasteiger partial charge in [0.25, 0.3) is 0 Å². The molecule has 2 rings (SSSR count). The minimum absolute atomic E-state index is 0.838. The van der Waals surface area contributed by atoms with Crippen molar-refractivity contribution >= 4 is 28.2 Å². The van der Waals surface area contributed by atoms with Crippen molar-refractivity contribution in [1.29, 1.82) is 0 Å². The fourth-order valence-corrected chi connectivity index (χ4v) is 3.26. The van der Waals surface area contributed by atoms with Crippen LogP contribution in [0.15, 0.2) is 28.6 Å². The number of rotatable bonds is 6. The fourth-order valence-electron chi connectivity index (χ4n) is 1.45. The number of nitrogens with one attached hydrogen (secondary N) is 1. The van der Waals surface area contributed by atoms with Gasteiger partial charge in [0.05, 0.1) is 7.11 Å². The van der Waals surface area contributed by atoms with Gasteiger partial charge in [-0.05, 0) is 13.0 Å². The molecular formula is C12H15N3OS2. The van der Waals surface area contributed by atoms with Crippen molar-refractivity contribution in [1.82, 2.24) is 10.2 Å². The molecule has 0 aliphatic carbocycles. The van der Waals surface area contributed by atoms with Gasteiger partial charge in [-0.3, -0.25) is 0 Å². The predicted octanol–water partition coefficient (Wildman–Crippen LogP) is 3.27. The largest absolute Gasteiger partial charge is 0.496 e. The summed E-state index contributed by atoms with van der Waals surface area (Å²) in [5.74, 6) is 1.76. The Hall–Kier alpha value is -1.27. The highest BCUT2D eigenvalue weighted by Gasteiger charge is 2.06. The molecule has 0 bridgehead atoms. The predicted molar refractivity (Wildman–Crippen MR) is 76.6 cm³/mol. The van der Waals surface area contributed by atoms with E-state index in [9.17, 15) is 0 Å². The monoisotopic (exact) mass is 281 g/mol. The quantitative estimate of drug-likeness (QED) is 0.823. The van der Waals surface area contributed by atoms with E-state index < -0.39 is 0 Å². The molecule has 0 amide bonds. The first-order chi connectivity index (χ1) is 8.83. The number of hydrogen-bond acceptors (Lipinski definition) is 6. The van der Waals surface area contributed by atoms with Crippen molar-refractivity contribution < 1.29 is 4.74 Å². The van der Waals surface area contributed by atoms with Gasteiger partial charge in [-0.1, -0.05) is 41.3 Å². The highest BCUT2D eigenvalue weighted by molar-refractivity contribution is 8.00. The summed E-state index contributed by atoms with van der Waals surface area (Å²) < 4.78 is 6.29. The van der Waals surface area contributed by atoms with Gasteiger partial charge in [0, 0.05) is 17.9 Å². The van der Waals surface area contributed by atoms with E-state index in [1.54, 1.807) is 30.2 Å². The van der Waals surface area contributed by atoms with Gasteiger partial charge in [-0.15, -0.1) is 10.2 Å². The maximum Gasteiger partial charge on any atom is 0.206 e. The molecule has 0 fully saturated rings. The summed E-state index contributed by atoms with van der Waals surface area (Å²) in [6, 6.07) is 8.03. The number of anilines is 1. The Morgan fingerprint density at radius 3 is 2.94 bits per heavy atom. The van der Waals surface area contributed by atoms with E-state index in [2.05, 4.69) is 21.6 Å². The number of thioether (sulfide) groups is 1. The smallest absolute Gasteiger partial charge is 0.206 e. The van der Waals surface area contributed by atoms with Crippen LogP contribution in [0.2, 0.25) is 0 Å². The summed E-state index contributed by atoms with van der Waals surface area (Å²) in [5.41, 5.74) is 1.17. The normalized spacial score (nSPS) is 10.3. The van der Waals surface area contributed by atoms with Crippen molar-refractivity contribution in [3.63, 3.8) is 0 Å². The molecule has 1 heterocycles. The lowest BCUT2D eigenvalue weighted by Gasteiger charge is -2.05. The van der Waals surface area contributed by atoms with Crippen LogP contribution in [-0.4, -0.2) is 23.9 Å². The topological polar surface area (TPSA) is 47.0 Å². The molecule has 0 saturated carbocycles. The molecule has 6 heteroatoms. The third-order valence-electron chi connectivity index (χ3n) is 2.28. The van der Waals surface area contributed by atoms with Crippen LogP contribution >= 0.6 is 23.1 Å². The van der Waals surface area contributed by atoms with Crippen molar-refractivity contribution in [2.24, 2.45) is 0 Å². The van der Waals surface area contributed by atoms with Gasteiger partial charge in [-0.2, -0.15) is 0 Å². The highest BCUT2D eigenvalue weighted by atomic mass is 32.2. The molecule has 0 spiro atoms. The highest BCUT2D eigenvalue weighted by Crippen LogP contribution is 2.30. The SMILES string of the molecule is CCNc1nnc(SCc2ccccc2OC)s1. The number of aromatic nitrogens is 2. The first-order valence-corrected chi connectivity index (χ1v) is 7.45. The zero-order chi connectivity index (χ0) is 12.8. The summed E-state index contributed by atoms with van der Waals surface area (Å²) >= 11 is 3.25. The van der Waals surface area contributed by atoms with Crippen LogP contribution < -0.4 is 10.1 Å². The Morgan fingerprint density at radius 2 is 2.17 bits per heavy atom. The van der Waals surface area contributed by atoms with E-state index in [1.807, 2.05) is 25.1 Å². The third kappa shape index (κ3) is 3.36. The Morgan fingerprint density at radius 1 is 1.33 bits per heavy atom. The van der Waals surface area contributed by atoms with Crippen molar-refractivity contribution in [3.05, 3.63) is 29.8 Å². The molecule has 0 atom stereocenters. The zero-order valence-corrected chi connectivity index (χ0v) is 12.0. The molecule has 1 N–H and O–H groups in total. The second kappa shape index (κ2) is 6.61. The minimum Gasteiger partial charge on any atom is -0.496 e. The maximum atomic E-state index is 5.32. The molecule has 18 heavy (non-hydrogen) atoms. The number of para-hydroxylation sites is 1. The Bertz CT molecular complexity index is 502. The maximum absolute atomic E-state index is 5.32. The average Bonchev–Trinajstić information content (AvgIpc) is 2.85. The second-order valence-electron chi connectivity index (χ2n) is 3.50. The number of methoxy groups -OCH3 is 1. The first kappa shape index (κ1) is 13.2. The molecular weight excluding hydrogens is 266 g/mol. The Balaban J connectivity index is 1.97. The Labute approximate surface area is 115 Å². The molecule has 2 aromatic rings. The van der Waals surface area contributed by atoms with Crippen LogP contribution in [0.3, 0.4) is 0 Å². The van der Waals surface area contributed by atoms with Gasteiger partial charge in [0.1, 0.15) is 5.75 Å². The number of nitrogens with zero attached hydrogens (tertiary/aromatic N) is 2. The number of benzene rings is 1. The van der Waals surface area contributed by atoms with Gasteiger partial charge in [-0.25, -0.2) is 0 Å². The Kier molecular flexibility index (Phi) is 4.83. The van der Waals surface area contributed by atoms with Crippen LogP contribution in [0.4, 0.5) is 5.13 Å². The van der Waals surface area contributed by atoms with E-state index in [-0.39, 0.29) is 0 Å². The van der Waals surface area contributed by atoms with E-state index in [0.29, 0.717) is 0 Å². The molecule has 0 saturated heterocycles. The minimum atomic E-state index is 0.838. The lowest BCUT2D eigenvalue weighted by Crippen LogP contribution is -1.94. The van der Waals surface area contributed by atoms with E-state index in [4.69, 9.17) is 4.74 Å². The van der Waals surface area contributed by atoms with Crippen LogP contribution in [-0.2, 0) is 5.75 Å². The van der Waals surface area contributed by atoms with Crippen LogP contribution in [0.1, 0.15) is 12.5 Å². The first-order valence-electron chi connectivity index (χ1n) is 5.65.